The van der Waals surface area contributed by atoms with E-state index in [1.807, 2.05) is 0 Å². The summed E-state index contributed by atoms with van der Waals surface area (Å²) in [5.41, 5.74) is 11.0. The highest BCUT2D eigenvalue weighted by Gasteiger charge is 2.31. The Hall–Kier alpha value is -1.09. The third-order valence-corrected chi connectivity index (χ3v) is 5.76. The van der Waals surface area contributed by atoms with Crippen molar-refractivity contribution < 1.29 is 13.2 Å². The lowest BCUT2D eigenvalue weighted by molar-refractivity contribution is 0.0992. The summed E-state index contributed by atoms with van der Waals surface area (Å²) >= 11 is 0. The van der Waals surface area contributed by atoms with Crippen LogP contribution >= 0.6 is 12.4 Å². The van der Waals surface area contributed by atoms with E-state index in [0.29, 0.717) is 25.6 Å². The SMILES string of the molecule is Cl.Cn1cc(S(=O)(=O)N2CCCC(CCN)C2)cc1C(N)=O. The highest BCUT2D eigenvalue weighted by molar-refractivity contribution is 7.89. The second-order valence-corrected chi connectivity index (χ2v) is 7.42. The van der Waals surface area contributed by atoms with Crippen molar-refractivity contribution in [2.45, 2.75) is 24.2 Å². The maximum Gasteiger partial charge on any atom is 0.265 e. The summed E-state index contributed by atoms with van der Waals surface area (Å²) in [7, 11) is -1.98. The first-order valence-electron chi connectivity index (χ1n) is 7.02. The highest BCUT2D eigenvalue weighted by Crippen LogP contribution is 2.26. The summed E-state index contributed by atoms with van der Waals surface area (Å²) in [5.74, 6) is -0.337. The van der Waals surface area contributed by atoms with Gasteiger partial charge in [0.2, 0.25) is 10.0 Å². The van der Waals surface area contributed by atoms with E-state index in [0.717, 1.165) is 19.3 Å². The average Bonchev–Trinajstić information content (AvgIpc) is 2.82. The van der Waals surface area contributed by atoms with Crippen LogP contribution in [-0.2, 0) is 17.1 Å². The zero-order chi connectivity index (χ0) is 15.6. The van der Waals surface area contributed by atoms with Crippen LogP contribution in [0.5, 0.6) is 0 Å². The Kier molecular flexibility index (Phi) is 6.42. The molecule has 1 fully saturated rings. The number of rotatable bonds is 5. The molecule has 1 unspecified atom stereocenters. The molecule has 0 saturated carbocycles. The monoisotopic (exact) mass is 350 g/mol. The molecule has 22 heavy (non-hydrogen) atoms. The zero-order valence-electron chi connectivity index (χ0n) is 12.6. The van der Waals surface area contributed by atoms with Crippen molar-refractivity contribution in [2.75, 3.05) is 19.6 Å². The molecule has 126 valence electrons. The van der Waals surface area contributed by atoms with Crippen molar-refractivity contribution >= 4 is 28.3 Å². The number of carbonyl (C=O) groups excluding carboxylic acids is 1. The van der Waals surface area contributed by atoms with E-state index < -0.39 is 15.9 Å². The van der Waals surface area contributed by atoms with Crippen LogP contribution in [0.15, 0.2) is 17.2 Å². The first-order valence-corrected chi connectivity index (χ1v) is 8.46. The van der Waals surface area contributed by atoms with Gasteiger partial charge in [-0.05, 0) is 37.8 Å². The van der Waals surface area contributed by atoms with Gasteiger partial charge in [-0.25, -0.2) is 8.42 Å². The number of aromatic nitrogens is 1. The molecule has 1 aliphatic heterocycles. The van der Waals surface area contributed by atoms with Gasteiger partial charge in [-0.2, -0.15) is 4.31 Å². The second-order valence-electron chi connectivity index (χ2n) is 5.48. The number of hydrogen-bond donors (Lipinski definition) is 2. The number of halogens is 1. The van der Waals surface area contributed by atoms with E-state index in [9.17, 15) is 13.2 Å². The summed E-state index contributed by atoms with van der Waals surface area (Å²) in [5, 5.41) is 0. The molecule has 7 nitrogen and oxygen atoms in total. The Morgan fingerprint density at radius 3 is 2.68 bits per heavy atom. The van der Waals surface area contributed by atoms with Crippen LogP contribution < -0.4 is 11.5 Å². The van der Waals surface area contributed by atoms with Gasteiger partial charge in [0.25, 0.3) is 5.91 Å². The maximum atomic E-state index is 12.7. The fourth-order valence-electron chi connectivity index (χ4n) is 2.79. The Balaban J connectivity index is 0.00000242. The molecule has 2 heterocycles. The van der Waals surface area contributed by atoms with Crippen molar-refractivity contribution in [3.8, 4) is 0 Å². The number of hydrogen-bond acceptors (Lipinski definition) is 4. The molecule has 1 saturated heterocycles. The molecule has 1 atom stereocenters. The van der Waals surface area contributed by atoms with E-state index >= 15 is 0 Å². The van der Waals surface area contributed by atoms with Crippen molar-refractivity contribution in [1.82, 2.24) is 8.87 Å². The standard InChI is InChI=1S/C13H22N4O3S.ClH/c1-16-9-11(7-12(16)13(15)18)21(19,20)17-6-2-3-10(8-17)4-5-14;/h7,9-10H,2-6,8,14H2,1H3,(H2,15,18);1H. The van der Waals surface area contributed by atoms with Gasteiger partial charge >= 0.3 is 0 Å². The fraction of sp³-hybridized carbons (Fsp3) is 0.615. The Morgan fingerprint density at radius 1 is 1.45 bits per heavy atom. The second kappa shape index (κ2) is 7.45. The minimum atomic E-state index is -3.58. The van der Waals surface area contributed by atoms with E-state index in [1.165, 1.54) is 21.1 Å². The van der Waals surface area contributed by atoms with Crippen LogP contribution in [0.1, 0.15) is 29.8 Å². The van der Waals surface area contributed by atoms with E-state index in [1.54, 1.807) is 7.05 Å². The van der Waals surface area contributed by atoms with Crippen molar-refractivity contribution in [2.24, 2.45) is 24.4 Å². The lowest BCUT2D eigenvalue weighted by atomic mass is 9.96. The number of aryl methyl sites for hydroxylation is 1. The van der Waals surface area contributed by atoms with Gasteiger partial charge in [-0.3, -0.25) is 4.79 Å². The number of nitrogens with two attached hydrogens (primary N) is 2. The van der Waals surface area contributed by atoms with Gasteiger partial charge in [-0.1, -0.05) is 0 Å². The number of carbonyl (C=O) groups is 1. The van der Waals surface area contributed by atoms with E-state index in [2.05, 4.69) is 0 Å². The molecule has 0 aromatic carbocycles. The van der Waals surface area contributed by atoms with Crippen LogP contribution in [-0.4, -0.2) is 42.8 Å². The summed E-state index contributed by atoms with van der Waals surface area (Å²) in [6.07, 6.45) is 4.10. The zero-order valence-corrected chi connectivity index (χ0v) is 14.2. The largest absolute Gasteiger partial charge is 0.364 e. The van der Waals surface area contributed by atoms with Crippen molar-refractivity contribution in [3.05, 3.63) is 18.0 Å². The van der Waals surface area contributed by atoms with Crippen molar-refractivity contribution in [1.29, 1.82) is 0 Å². The van der Waals surface area contributed by atoms with Gasteiger partial charge in [0.15, 0.2) is 0 Å². The molecule has 1 aromatic heterocycles. The molecular weight excluding hydrogens is 328 g/mol. The van der Waals surface area contributed by atoms with Crippen LogP contribution in [0.3, 0.4) is 0 Å². The van der Waals surface area contributed by atoms with Gasteiger partial charge in [0.1, 0.15) is 10.6 Å². The van der Waals surface area contributed by atoms with Crippen LogP contribution in [0.25, 0.3) is 0 Å². The minimum absolute atomic E-state index is 0. The van der Waals surface area contributed by atoms with Gasteiger partial charge in [0.05, 0.1) is 0 Å². The molecule has 0 radical (unpaired) electrons. The number of piperidine rings is 1. The third-order valence-electron chi connectivity index (χ3n) is 3.93. The molecule has 1 aromatic rings. The predicted octanol–water partition coefficient (Wildman–Crippen LogP) is 0.295. The first kappa shape index (κ1) is 19.0. The molecule has 1 amide bonds. The molecule has 1 aliphatic rings. The summed E-state index contributed by atoms with van der Waals surface area (Å²) < 4.78 is 28.2. The molecule has 0 bridgehead atoms. The first-order chi connectivity index (χ1) is 9.86. The normalized spacial score (nSPS) is 19.6. The smallest absolute Gasteiger partial charge is 0.265 e. The minimum Gasteiger partial charge on any atom is -0.364 e. The molecule has 0 spiro atoms. The maximum absolute atomic E-state index is 12.7. The molecule has 9 heteroatoms. The quantitative estimate of drug-likeness (QED) is 0.795. The Labute approximate surface area is 137 Å². The van der Waals surface area contributed by atoms with Crippen LogP contribution in [0.2, 0.25) is 0 Å². The lowest BCUT2D eigenvalue weighted by Crippen LogP contribution is -2.40. The molecular formula is C13H23ClN4O3S. The molecule has 2 rings (SSSR count). The van der Waals surface area contributed by atoms with E-state index in [-0.39, 0.29) is 23.0 Å². The highest BCUT2D eigenvalue weighted by atomic mass is 35.5. The van der Waals surface area contributed by atoms with Crippen LogP contribution in [0, 0.1) is 5.92 Å². The van der Waals surface area contributed by atoms with Gasteiger partial charge < -0.3 is 16.0 Å². The van der Waals surface area contributed by atoms with Gasteiger partial charge in [-0.15, -0.1) is 12.4 Å². The predicted molar refractivity (Wildman–Crippen MR) is 86.3 cm³/mol. The summed E-state index contributed by atoms with van der Waals surface area (Å²) in [6.45, 7) is 1.56. The summed E-state index contributed by atoms with van der Waals surface area (Å²) in [6, 6.07) is 1.34. The Morgan fingerprint density at radius 2 is 2.14 bits per heavy atom. The van der Waals surface area contributed by atoms with Crippen LogP contribution in [0.4, 0.5) is 0 Å². The summed E-state index contributed by atoms with van der Waals surface area (Å²) in [4.78, 5) is 11.4. The van der Waals surface area contributed by atoms with Gasteiger partial charge in [0, 0.05) is 26.3 Å². The molecule has 4 N–H and O–H groups in total. The Bertz CT molecular complexity index is 627. The number of amides is 1. The fourth-order valence-corrected chi connectivity index (χ4v) is 4.41. The van der Waals surface area contributed by atoms with E-state index in [4.69, 9.17) is 11.5 Å². The lowest BCUT2D eigenvalue weighted by Gasteiger charge is -2.31. The van der Waals surface area contributed by atoms with Crippen molar-refractivity contribution in [3.63, 3.8) is 0 Å². The number of primary amides is 1. The number of sulfonamides is 1. The molecule has 0 aliphatic carbocycles. The third kappa shape index (κ3) is 3.81. The topological polar surface area (TPSA) is 111 Å². The average molecular weight is 351 g/mol. The number of nitrogens with zero attached hydrogens (tertiary/aromatic N) is 2.